The van der Waals surface area contributed by atoms with E-state index in [1.54, 1.807) is 6.08 Å². The van der Waals surface area contributed by atoms with Crippen molar-refractivity contribution < 1.29 is 4.79 Å². The van der Waals surface area contributed by atoms with Crippen molar-refractivity contribution in [1.29, 1.82) is 0 Å². The summed E-state index contributed by atoms with van der Waals surface area (Å²) in [5.41, 5.74) is 3.08. The van der Waals surface area contributed by atoms with Crippen LogP contribution >= 0.6 is 0 Å². The molecule has 0 saturated carbocycles. The van der Waals surface area contributed by atoms with Gasteiger partial charge in [-0.05, 0) is 18.6 Å². The van der Waals surface area contributed by atoms with Gasteiger partial charge in [-0.15, -0.1) is 0 Å². The van der Waals surface area contributed by atoms with Crippen LogP contribution in [-0.4, -0.2) is 5.78 Å². The predicted octanol–water partition coefficient (Wildman–Crippen LogP) is 3.23. The third kappa shape index (κ3) is 1.86. The number of benzene rings is 1. The molecule has 1 aliphatic carbocycles. The number of ketones is 1. The van der Waals surface area contributed by atoms with E-state index in [0.29, 0.717) is 0 Å². The maximum atomic E-state index is 11.1. The number of aryl methyl sites for hydroxylation is 1. The lowest BCUT2D eigenvalue weighted by Crippen LogP contribution is -1.90. The largest absolute Gasteiger partial charge is 0.289 e. The van der Waals surface area contributed by atoms with Gasteiger partial charge in [0.25, 0.3) is 0 Å². The zero-order valence-electron chi connectivity index (χ0n) is 8.29. The molecule has 0 radical (unpaired) electrons. The van der Waals surface area contributed by atoms with Gasteiger partial charge in [-0.1, -0.05) is 43.7 Å². The molecule has 1 nitrogen and oxygen atoms in total. The van der Waals surface area contributed by atoms with Crippen LogP contribution in [0.4, 0.5) is 0 Å². The summed E-state index contributed by atoms with van der Waals surface area (Å²) in [5, 5.41) is 0. The number of carbonyl (C=O) groups is 1. The average Bonchev–Trinajstić information content (AvgIpc) is 2.51. The van der Waals surface area contributed by atoms with Gasteiger partial charge in [-0.3, -0.25) is 4.79 Å². The van der Waals surface area contributed by atoms with Crippen LogP contribution in [0.2, 0.25) is 0 Å². The molecular formula is C12H14O. The molecule has 0 spiro atoms. The molecule has 0 atom stereocenters. The van der Waals surface area contributed by atoms with Crippen molar-refractivity contribution in [2.75, 3.05) is 0 Å². The molecule has 68 valence electrons. The number of rotatable bonds is 0. The van der Waals surface area contributed by atoms with Crippen molar-refractivity contribution in [3.63, 3.8) is 0 Å². The number of hydrogen-bond acceptors (Lipinski definition) is 1. The monoisotopic (exact) mass is 174 g/mol. The Morgan fingerprint density at radius 1 is 1.08 bits per heavy atom. The maximum absolute atomic E-state index is 11.1. The highest BCUT2D eigenvalue weighted by Crippen LogP contribution is 2.19. The van der Waals surface area contributed by atoms with Crippen molar-refractivity contribution in [2.45, 2.75) is 20.8 Å². The van der Waals surface area contributed by atoms with Crippen LogP contribution in [0.1, 0.15) is 35.3 Å². The first-order valence-corrected chi connectivity index (χ1v) is 4.60. The molecule has 2 rings (SSSR count). The Labute approximate surface area is 79.1 Å². The smallest absolute Gasteiger partial charge is 0.186 e. The van der Waals surface area contributed by atoms with Crippen molar-refractivity contribution in [3.8, 4) is 0 Å². The summed E-state index contributed by atoms with van der Waals surface area (Å²) < 4.78 is 0. The lowest BCUT2D eigenvalue weighted by molar-refractivity contribution is 0.105. The van der Waals surface area contributed by atoms with Crippen LogP contribution in [0.3, 0.4) is 0 Å². The highest BCUT2D eigenvalue weighted by atomic mass is 16.1. The molecule has 0 aromatic heterocycles. The fraction of sp³-hybridized carbons (Fsp3) is 0.250. The van der Waals surface area contributed by atoms with Crippen LogP contribution < -0.4 is 0 Å². The molecule has 0 saturated heterocycles. The molecule has 0 N–H and O–H groups in total. The van der Waals surface area contributed by atoms with E-state index in [1.807, 2.05) is 45.0 Å². The first kappa shape index (κ1) is 9.72. The van der Waals surface area contributed by atoms with E-state index in [0.717, 1.165) is 11.1 Å². The predicted molar refractivity (Wildman–Crippen MR) is 55.9 cm³/mol. The summed E-state index contributed by atoms with van der Waals surface area (Å²) in [6.45, 7) is 6.02. The molecule has 0 bridgehead atoms. The quantitative estimate of drug-likeness (QED) is 0.590. The zero-order valence-corrected chi connectivity index (χ0v) is 8.29. The number of hydrogen-bond donors (Lipinski definition) is 0. The lowest BCUT2D eigenvalue weighted by Gasteiger charge is -1.96. The van der Waals surface area contributed by atoms with E-state index in [9.17, 15) is 4.79 Å². The van der Waals surface area contributed by atoms with Crippen LogP contribution in [0.15, 0.2) is 24.3 Å². The summed E-state index contributed by atoms with van der Waals surface area (Å²) in [6, 6.07) is 5.87. The molecule has 0 aliphatic heterocycles. The Kier molecular flexibility index (Phi) is 3.02. The molecule has 1 aromatic carbocycles. The van der Waals surface area contributed by atoms with Crippen LogP contribution in [0.5, 0.6) is 0 Å². The molecule has 1 aliphatic rings. The van der Waals surface area contributed by atoms with Gasteiger partial charge >= 0.3 is 0 Å². The van der Waals surface area contributed by atoms with E-state index < -0.39 is 0 Å². The zero-order chi connectivity index (χ0) is 9.84. The van der Waals surface area contributed by atoms with Crippen molar-refractivity contribution >= 4 is 11.9 Å². The molecule has 1 aromatic rings. The highest BCUT2D eigenvalue weighted by Gasteiger charge is 2.11. The van der Waals surface area contributed by atoms with E-state index in [1.165, 1.54) is 5.56 Å². The molecule has 0 heterocycles. The van der Waals surface area contributed by atoms with E-state index in [-0.39, 0.29) is 5.78 Å². The molecular weight excluding hydrogens is 160 g/mol. The second kappa shape index (κ2) is 4.04. The summed E-state index contributed by atoms with van der Waals surface area (Å²) in [7, 11) is 0. The van der Waals surface area contributed by atoms with Gasteiger partial charge in [-0.2, -0.15) is 0 Å². The third-order valence-electron chi connectivity index (χ3n) is 1.89. The minimum atomic E-state index is 0.125. The van der Waals surface area contributed by atoms with E-state index in [2.05, 4.69) is 0 Å². The lowest BCUT2D eigenvalue weighted by atomic mass is 10.1. The standard InChI is InChI=1S/C10H8O.C2H6/c1-7-2-4-9-8(6-7)3-5-10(9)11;1-2/h2-6H,1H3;1-2H3. The Balaban J connectivity index is 0.000000396. The Bertz CT molecular complexity index is 348. The third-order valence-corrected chi connectivity index (χ3v) is 1.89. The second-order valence-corrected chi connectivity index (χ2v) is 2.79. The molecule has 0 unspecified atom stereocenters. The van der Waals surface area contributed by atoms with Gasteiger partial charge < -0.3 is 0 Å². The summed E-state index contributed by atoms with van der Waals surface area (Å²) in [6.07, 6.45) is 3.48. The van der Waals surface area contributed by atoms with Gasteiger partial charge in [0.15, 0.2) is 5.78 Å². The summed E-state index contributed by atoms with van der Waals surface area (Å²) >= 11 is 0. The highest BCUT2D eigenvalue weighted by molar-refractivity contribution is 6.13. The minimum Gasteiger partial charge on any atom is -0.289 e. The summed E-state index contributed by atoms with van der Waals surface area (Å²) in [4.78, 5) is 11.1. The van der Waals surface area contributed by atoms with Gasteiger partial charge in [0.2, 0.25) is 0 Å². The maximum Gasteiger partial charge on any atom is 0.186 e. The van der Waals surface area contributed by atoms with Gasteiger partial charge in [0.1, 0.15) is 0 Å². The van der Waals surface area contributed by atoms with Crippen LogP contribution in [0.25, 0.3) is 6.08 Å². The number of carbonyl (C=O) groups excluding carboxylic acids is 1. The minimum absolute atomic E-state index is 0.125. The Morgan fingerprint density at radius 2 is 1.77 bits per heavy atom. The topological polar surface area (TPSA) is 17.1 Å². The Hall–Kier alpha value is -1.37. The fourth-order valence-electron chi connectivity index (χ4n) is 1.30. The summed E-state index contributed by atoms with van der Waals surface area (Å²) in [5.74, 6) is 0.125. The average molecular weight is 174 g/mol. The SMILES string of the molecule is CC.Cc1ccc2c(c1)C=CC2=O. The molecule has 13 heavy (non-hydrogen) atoms. The van der Waals surface area contributed by atoms with Gasteiger partial charge in [0, 0.05) is 5.56 Å². The van der Waals surface area contributed by atoms with Crippen LogP contribution in [0, 0.1) is 6.92 Å². The van der Waals surface area contributed by atoms with Gasteiger partial charge in [0.05, 0.1) is 0 Å². The first-order valence-electron chi connectivity index (χ1n) is 4.60. The van der Waals surface area contributed by atoms with E-state index >= 15 is 0 Å². The number of allylic oxidation sites excluding steroid dienone is 1. The number of fused-ring (bicyclic) bond motifs is 1. The first-order chi connectivity index (χ1) is 6.27. The molecule has 1 heteroatoms. The normalized spacial score (nSPS) is 12.1. The molecule has 0 amide bonds. The Morgan fingerprint density at radius 3 is 2.46 bits per heavy atom. The van der Waals surface area contributed by atoms with Crippen LogP contribution in [-0.2, 0) is 0 Å². The second-order valence-electron chi connectivity index (χ2n) is 2.79. The molecule has 0 fully saturated rings. The van der Waals surface area contributed by atoms with Crippen molar-refractivity contribution in [1.82, 2.24) is 0 Å². The fourth-order valence-corrected chi connectivity index (χ4v) is 1.30. The van der Waals surface area contributed by atoms with Gasteiger partial charge in [-0.25, -0.2) is 0 Å². The van der Waals surface area contributed by atoms with Crippen molar-refractivity contribution in [3.05, 3.63) is 41.0 Å². The van der Waals surface area contributed by atoms with Crippen molar-refractivity contribution in [2.24, 2.45) is 0 Å². The van der Waals surface area contributed by atoms with E-state index in [4.69, 9.17) is 0 Å².